The van der Waals surface area contributed by atoms with Gasteiger partial charge >= 0.3 is 0 Å². The first-order valence-electron chi connectivity index (χ1n) is 9.03. The Morgan fingerprint density at radius 1 is 1.11 bits per heavy atom. The number of amides is 1. The lowest BCUT2D eigenvalue weighted by molar-refractivity contribution is 0.0792. The summed E-state index contributed by atoms with van der Waals surface area (Å²) in [6, 6.07) is 11.7. The molecule has 0 aliphatic carbocycles. The summed E-state index contributed by atoms with van der Waals surface area (Å²) in [5.74, 6) is 0.0459. The third kappa shape index (κ3) is 4.24. The number of likely N-dealkylation sites (tertiary alicyclic amines) is 1. The highest BCUT2D eigenvalue weighted by Crippen LogP contribution is 2.28. The highest BCUT2D eigenvalue weighted by Gasteiger charge is 2.25. The second-order valence-corrected chi connectivity index (χ2v) is 8.17. The number of hydrogen-bond donors (Lipinski definition) is 1. The summed E-state index contributed by atoms with van der Waals surface area (Å²) in [6.07, 6.45) is 2.83. The summed E-state index contributed by atoms with van der Waals surface area (Å²) in [5.41, 5.74) is 1.93. The number of rotatable bonds is 6. The molecule has 2 aromatic carbocycles. The second kappa shape index (κ2) is 8.00. The van der Waals surface area contributed by atoms with Gasteiger partial charge < -0.3 is 9.64 Å². The standard InChI is InChI=1S/C20H24N2O4S/c1-3-15-6-9-17(10-7-15)21-27(24,25)19-14-16(8-11-18(19)26-2)20(23)22-12-4-5-13-22/h6-11,14,21H,3-5,12-13H2,1-2H3. The molecule has 1 heterocycles. The van der Waals surface area contributed by atoms with Crippen LogP contribution in [0.5, 0.6) is 5.75 Å². The summed E-state index contributed by atoms with van der Waals surface area (Å²) >= 11 is 0. The van der Waals surface area contributed by atoms with Crippen molar-refractivity contribution in [1.82, 2.24) is 4.90 Å². The highest BCUT2D eigenvalue weighted by molar-refractivity contribution is 7.92. The smallest absolute Gasteiger partial charge is 0.265 e. The van der Waals surface area contributed by atoms with Crippen LogP contribution >= 0.6 is 0 Å². The van der Waals surface area contributed by atoms with Gasteiger partial charge in [0.15, 0.2) is 0 Å². The second-order valence-electron chi connectivity index (χ2n) is 6.52. The number of benzene rings is 2. The molecule has 27 heavy (non-hydrogen) atoms. The first-order valence-corrected chi connectivity index (χ1v) is 10.5. The van der Waals surface area contributed by atoms with Crippen LogP contribution in [0, 0.1) is 0 Å². The molecule has 7 heteroatoms. The summed E-state index contributed by atoms with van der Waals surface area (Å²) in [7, 11) is -2.49. The number of carbonyl (C=O) groups excluding carboxylic acids is 1. The van der Waals surface area contributed by atoms with Gasteiger partial charge in [-0.05, 0) is 55.2 Å². The molecule has 0 bridgehead atoms. The number of hydrogen-bond acceptors (Lipinski definition) is 4. The zero-order chi connectivity index (χ0) is 19.4. The molecule has 1 aliphatic heterocycles. The van der Waals surface area contributed by atoms with Crippen molar-refractivity contribution >= 4 is 21.6 Å². The molecule has 1 saturated heterocycles. The Morgan fingerprint density at radius 3 is 2.37 bits per heavy atom. The van der Waals surface area contributed by atoms with Gasteiger partial charge in [0.25, 0.3) is 15.9 Å². The van der Waals surface area contributed by atoms with Gasteiger partial charge in [-0.3, -0.25) is 9.52 Å². The molecule has 3 rings (SSSR count). The van der Waals surface area contributed by atoms with Crippen LogP contribution in [-0.2, 0) is 16.4 Å². The van der Waals surface area contributed by atoms with Crippen molar-refractivity contribution in [3.8, 4) is 5.75 Å². The molecular weight excluding hydrogens is 364 g/mol. The number of nitrogens with one attached hydrogen (secondary N) is 1. The molecule has 1 fully saturated rings. The van der Waals surface area contributed by atoms with Gasteiger partial charge in [0.05, 0.1) is 7.11 Å². The van der Waals surface area contributed by atoms with Crippen molar-refractivity contribution in [2.75, 3.05) is 24.9 Å². The molecule has 144 valence electrons. The van der Waals surface area contributed by atoms with Gasteiger partial charge in [-0.25, -0.2) is 8.42 Å². The molecule has 0 spiro atoms. The fourth-order valence-electron chi connectivity index (χ4n) is 3.14. The molecule has 0 atom stereocenters. The van der Waals surface area contributed by atoms with Gasteiger partial charge in [-0.1, -0.05) is 19.1 Å². The molecule has 2 aromatic rings. The van der Waals surface area contributed by atoms with Crippen molar-refractivity contribution in [1.29, 1.82) is 0 Å². The van der Waals surface area contributed by atoms with E-state index in [-0.39, 0.29) is 16.6 Å². The lowest BCUT2D eigenvalue weighted by Crippen LogP contribution is -2.28. The van der Waals surface area contributed by atoms with Crippen LogP contribution in [0.2, 0.25) is 0 Å². The largest absolute Gasteiger partial charge is 0.495 e. The fourth-order valence-corrected chi connectivity index (χ4v) is 4.40. The number of ether oxygens (including phenoxy) is 1. The lowest BCUT2D eigenvalue weighted by atomic mass is 10.2. The zero-order valence-electron chi connectivity index (χ0n) is 15.6. The average Bonchev–Trinajstić information content (AvgIpc) is 3.22. The number of sulfonamides is 1. The van der Waals surface area contributed by atoms with Crippen molar-refractivity contribution in [3.05, 3.63) is 53.6 Å². The first kappa shape index (κ1) is 19.2. The van der Waals surface area contributed by atoms with E-state index in [9.17, 15) is 13.2 Å². The highest BCUT2D eigenvalue weighted by atomic mass is 32.2. The predicted octanol–water partition coefficient (Wildman–Crippen LogP) is 3.29. The zero-order valence-corrected chi connectivity index (χ0v) is 16.4. The SMILES string of the molecule is CCc1ccc(NS(=O)(=O)c2cc(C(=O)N3CCCC3)ccc2OC)cc1. The summed E-state index contributed by atoms with van der Waals surface area (Å²) < 4.78 is 33.6. The van der Waals surface area contributed by atoms with Crippen LogP contribution in [-0.4, -0.2) is 39.4 Å². The molecule has 0 saturated carbocycles. The molecule has 1 N–H and O–H groups in total. The number of nitrogens with zero attached hydrogens (tertiary/aromatic N) is 1. The van der Waals surface area contributed by atoms with Gasteiger partial charge in [-0.15, -0.1) is 0 Å². The van der Waals surface area contributed by atoms with Gasteiger partial charge in [0.1, 0.15) is 10.6 Å². The average molecular weight is 388 g/mol. The fraction of sp³-hybridized carbons (Fsp3) is 0.350. The molecule has 6 nitrogen and oxygen atoms in total. The van der Waals surface area contributed by atoms with Crippen LogP contribution in [0.15, 0.2) is 47.4 Å². The van der Waals surface area contributed by atoms with E-state index in [0.717, 1.165) is 24.8 Å². The Bertz CT molecular complexity index is 917. The van der Waals surface area contributed by atoms with E-state index in [1.807, 2.05) is 19.1 Å². The number of anilines is 1. The van der Waals surface area contributed by atoms with E-state index in [1.165, 1.54) is 19.2 Å². The number of carbonyl (C=O) groups is 1. The minimum atomic E-state index is -3.90. The summed E-state index contributed by atoms with van der Waals surface area (Å²) in [5, 5.41) is 0. The van der Waals surface area contributed by atoms with Crippen LogP contribution in [0.4, 0.5) is 5.69 Å². The van der Waals surface area contributed by atoms with Crippen LogP contribution < -0.4 is 9.46 Å². The summed E-state index contributed by atoms with van der Waals surface area (Å²) in [4.78, 5) is 14.3. The number of aryl methyl sites for hydroxylation is 1. The van der Waals surface area contributed by atoms with Crippen LogP contribution in [0.25, 0.3) is 0 Å². The van der Waals surface area contributed by atoms with Gasteiger partial charge in [0, 0.05) is 24.3 Å². The topological polar surface area (TPSA) is 75.7 Å². The summed E-state index contributed by atoms with van der Waals surface area (Å²) in [6.45, 7) is 3.44. The Labute approximate surface area is 160 Å². The minimum Gasteiger partial charge on any atom is -0.495 e. The van der Waals surface area contributed by atoms with E-state index in [4.69, 9.17) is 4.74 Å². The Morgan fingerprint density at radius 2 is 1.78 bits per heavy atom. The van der Waals surface area contributed by atoms with Crippen LogP contribution in [0.1, 0.15) is 35.7 Å². The monoisotopic (exact) mass is 388 g/mol. The van der Waals surface area contributed by atoms with Crippen molar-refractivity contribution in [2.45, 2.75) is 31.1 Å². The van der Waals surface area contributed by atoms with Gasteiger partial charge in [0.2, 0.25) is 0 Å². The molecular formula is C20H24N2O4S. The number of methoxy groups -OCH3 is 1. The molecule has 1 aliphatic rings. The molecule has 0 unspecified atom stereocenters. The van der Waals surface area contributed by atoms with E-state index in [2.05, 4.69) is 4.72 Å². The third-order valence-electron chi connectivity index (χ3n) is 4.71. The molecule has 0 aromatic heterocycles. The third-order valence-corrected chi connectivity index (χ3v) is 6.11. The van der Waals surface area contributed by atoms with E-state index in [0.29, 0.717) is 24.3 Å². The van der Waals surface area contributed by atoms with Crippen molar-refractivity contribution in [2.24, 2.45) is 0 Å². The molecule has 0 radical (unpaired) electrons. The maximum absolute atomic E-state index is 12.9. The van der Waals surface area contributed by atoms with Crippen molar-refractivity contribution < 1.29 is 17.9 Å². The first-order chi connectivity index (χ1) is 12.9. The van der Waals surface area contributed by atoms with Crippen molar-refractivity contribution in [3.63, 3.8) is 0 Å². The normalized spacial score (nSPS) is 14.2. The Hall–Kier alpha value is -2.54. The van der Waals surface area contributed by atoms with E-state index >= 15 is 0 Å². The maximum Gasteiger partial charge on any atom is 0.265 e. The molecule has 1 amide bonds. The van der Waals surface area contributed by atoms with Gasteiger partial charge in [-0.2, -0.15) is 0 Å². The Balaban J connectivity index is 1.92. The van der Waals surface area contributed by atoms with E-state index in [1.54, 1.807) is 23.1 Å². The quantitative estimate of drug-likeness (QED) is 0.824. The van der Waals surface area contributed by atoms with E-state index < -0.39 is 10.0 Å². The maximum atomic E-state index is 12.9. The van der Waals surface area contributed by atoms with Crippen LogP contribution in [0.3, 0.4) is 0 Å². The lowest BCUT2D eigenvalue weighted by Gasteiger charge is -2.17. The Kier molecular flexibility index (Phi) is 5.70. The predicted molar refractivity (Wildman–Crippen MR) is 105 cm³/mol. The minimum absolute atomic E-state index is 0.0467.